The molecule has 0 spiro atoms. The first-order valence-corrected chi connectivity index (χ1v) is 7.17. The van der Waals surface area contributed by atoms with Crippen molar-refractivity contribution < 1.29 is 0 Å². The zero-order valence-electron chi connectivity index (χ0n) is 11.9. The third kappa shape index (κ3) is 3.79. The molecule has 108 valence electrons. The molecule has 3 aromatic rings. The highest BCUT2D eigenvalue weighted by molar-refractivity contribution is 5.34. The number of benzene rings is 1. The van der Waals surface area contributed by atoms with Crippen molar-refractivity contribution in [3.05, 3.63) is 67.0 Å². The SMILES string of the molecule is c1cnn(CCCNCc2ccc(-n3ccnc3)cc2)c1. The molecule has 2 heterocycles. The fourth-order valence-electron chi connectivity index (χ4n) is 2.23. The molecule has 1 aromatic carbocycles. The molecule has 0 atom stereocenters. The minimum Gasteiger partial charge on any atom is -0.313 e. The van der Waals surface area contributed by atoms with E-state index in [0.29, 0.717) is 0 Å². The van der Waals surface area contributed by atoms with Crippen molar-refractivity contribution >= 4 is 0 Å². The van der Waals surface area contributed by atoms with Crippen LogP contribution >= 0.6 is 0 Å². The number of aromatic nitrogens is 4. The molecule has 21 heavy (non-hydrogen) atoms. The zero-order valence-corrected chi connectivity index (χ0v) is 11.9. The van der Waals surface area contributed by atoms with Gasteiger partial charge < -0.3 is 9.88 Å². The molecule has 5 heteroatoms. The van der Waals surface area contributed by atoms with Gasteiger partial charge in [0.2, 0.25) is 0 Å². The summed E-state index contributed by atoms with van der Waals surface area (Å²) in [4.78, 5) is 4.06. The van der Waals surface area contributed by atoms with Crippen molar-refractivity contribution in [3.8, 4) is 5.69 Å². The van der Waals surface area contributed by atoms with E-state index in [1.807, 2.05) is 40.2 Å². The minimum atomic E-state index is 0.892. The van der Waals surface area contributed by atoms with Crippen molar-refractivity contribution in [2.45, 2.75) is 19.5 Å². The van der Waals surface area contributed by atoms with Gasteiger partial charge in [0.15, 0.2) is 0 Å². The fourth-order valence-corrected chi connectivity index (χ4v) is 2.23. The maximum absolute atomic E-state index is 4.19. The maximum atomic E-state index is 4.19. The van der Waals surface area contributed by atoms with Crippen LogP contribution in [0.3, 0.4) is 0 Å². The Labute approximate surface area is 124 Å². The third-order valence-electron chi connectivity index (χ3n) is 3.37. The highest BCUT2D eigenvalue weighted by Gasteiger charge is 1.97. The Bertz CT molecular complexity index is 626. The van der Waals surface area contributed by atoms with E-state index in [1.54, 1.807) is 6.20 Å². The van der Waals surface area contributed by atoms with Crippen molar-refractivity contribution in [2.75, 3.05) is 6.54 Å². The van der Waals surface area contributed by atoms with E-state index in [4.69, 9.17) is 0 Å². The van der Waals surface area contributed by atoms with Crippen LogP contribution < -0.4 is 5.32 Å². The molecule has 0 radical (unpaired) electrons. The van der Waals surface area contributed by atoms with Crippen molar-refractivity contribution in [2.24, 2.45) is 0 Å². The van der Waals surface area contributed by atoms with Gasteiger partial charge in [0.1, 0.15) is 0 Å². The quantitative estimate of drug-likeness (QED) is 0.676. The van der Waals surface area contributed by atoms with Crippen LogP contribution in [0.2, 0.25) is 0 Å². The number of hydrogen-bond donors (Lipinski definition) is 1. The summed E-state index contributed by atoms with van der Waals surface area (Å²) in [5.74, 6) is 0. The Hall–Kier alpha value is -2.40. The van der Waals surface area contributed by atoms with Crippen LogP contribution in [-0.2, 0) is 13.1 Å². The van der Waals surface area contributed by atoms with Crippen LogP contribution in [0, 0.1) is 0 Å². The molecule has 0 saturated carbocycles. The normalized spacial score (nSPS) is 10.9. The molecule has 0 unspecified atom stereocenters. The topological polar surface area (TPSA) is 47.7 Å². The number of nitrogens with zero attached hydrogens (tertiary/aromatic N) is 4. The molecular formula is C16H19N5. The predicted octanol–water partition coefficient (Wildman–Crippen LogP) is 2.25. The minimum absolute atomic E-state index is 0.892. The average molecular weight is 281 g/mol. The second kappa shape index (κ2) is 6.85. The molecule has 0 amide bonds. The zero-order chi connectivity index (χ0) is 14.3. The van der Waals surface area contributed by atoms with Gasteiger partial charge in [0.25, 0.3) is 0 Å². The Kier molecular flexibility index (Phi) is 4.43. The number of hydrogen-bond acceptors (Lipinski definition) is 3. The van der Waals surface area contributed by atoms with Crippen molar-refractivity contribution in [1.29, 1.82) is 0 Å². The first-order valence-electron chi connectivity index (χ1n) is 7.17. The summed E-state index contributed by atoms with van der Waals surface area (Å²) in [6, 6.07) is 10.5. The number of imidazole rings is 1. The molecule has 0 bridgehead atoms. The lowest BCUT2D eigenvalue weighted by Gasteiger charge is -2.07. The van der Waals surface area contributed by atoms with E-state index in [1.165, 1.54) is 5.56 Å². The average Bonchev–Trinajstić information content (AvgIpc) is 3.21. The predicted molar refractivity (Wildman–Crippen MR) is 82.1 cm³/mol. The van der Waals surface area contributed by atoms with Gasteiger partial charge in [-0.1, -0.05) is 12.1 Å². The van der Waals surface area contributed by atoms with Gasteiger partial charge in [0, 0.05) is 43.6 Å². The van der Waals surface area contributed by atoms with E-state index >= 15 is 0 Å². The smallest absolute Gasteiger partial charge is 0.0991 e. The second-order valence-corrected chi connectivity index (χ2v) is 4.94. The van der Waals surface area contributed by atoms with Gasteiger partial charge in [-0.15, -0.1) is 0 Å². The number of aryl methyl sites for hydroxylation is 1. The van der Waals surface area contributed by atoms with Crippen LogP contribution in [0.25, 0.3) is 5.69 Å². The van der Waals surface area contributed by atoms with Crippen molar-refractivity contribution in [3.63, 3.8) is 0 Å². The monoisotopic (exact) mass is 281 g/mol. The second-order valence-electron chi connectivity index (χ2n) is 4.94. The molecule has 5 nitrogen and oxygen atoms in total. The molecule has 1 N–H and O–H groups in total. The first kappa shape index (κ1) is 13.6. The van der Waals surface area contributed by atoms with E-state index in [2.05, 4.69) is 39.7 Å². The van der Waals surface area contributed by atoms with E-state index < -0.39 is 0 Å². The Morgan fingerprint density at radius 3 is 2.67 bits per heavy atom. The molecule has 3 rings (SSSR count). The summed E-state index contributed by atoms with van der Waals surface area (Å²) < 4.78 is 3.96. The fraction of sp³-hybridized carbons (Fsp3) is 0.250. The van der Waals surface area contributed by atoms with Crippen LogP contribution in [-0.4, -0.2) is 25.9 Å². The maximum Gasteiger partial charge on any atom is 0.0991 e. The largest absolute Gasteiger partial charge is 0.313 e. The van der Waals surface area contributed by atoms with Crippen molar-refractivity contribution in [1.82, 2.24) is 24.6 Å². The molecule has 0 aliphatic heterocycles. The lowest BCUT2D eigenvalue weighted by atomic mass is 10.2. The molecule has 0 saturated heterocycles. The standard InChI is InChI=1S/C16H19N5/c1(10-21-11-2-8-19-21)7-17-13-15-3-5-16(6-4-15)20-12-9-18-14-20/h2-6,8-9,11-12,14,17H,1,7,10,13H2. The van der Waals surface area contributed by atoms with Gasteiger partial charge in [0.05, 0.1) is 6.33 Å². The molecular weight excluding hydrogens is 262 g/mol. The van der Waals surface area contributed by atoms with Gasteiger partial charge in [-0.25, -0.2) is 4.98 Å². The van der Waals surface area contributed by atoms with Crippen LogP contribution in [0.15, 0.2) is 61.4 Å². The third-order valence-corrected chi connectivity index (χ3v) is 3.37. The van der Waals surface area contributed by atoms with Gasteiger partial charge in [-0.05, 0) is 36.7 Å². The highest BCUT2D eigenvalue weighted by atomic mass is 15.3. The summed E-state index contributed by atoms with van der Waals surface area (Å²) in [5.41, 5.74) is 2.42. The summed E-state index contributed by atoms with van der Waals surface area (Å²) >= 11 is 0. The van der Waals surface area contributed by atoms with E-state index in [0.717, 1.165) is 31.7 Å². The van der Waals surface area contributed by atoms with Crippen LogP contribution in [0.1, 0.15) is 12.0 Å². The summed E-state index contributed by atoms with van der Waals surface area (Å²) in [6.45, 7) is 2.84. The molecule has 2 aromatic heterocycles. The van der Waals surface area contributed by atoms with Gasteiger partial charge in [-0.2, -0.15) is 5.10 Å². The van der Waals surface area contributed by atoms with Gasteiger partial charge >= 0.3 is 0 Å². The lowest BCUT2D eigenvalue weighted by molar-refractivity contribution is 0.543. The Morgan fingerprint density at radius 2 is 1.95 bits per heavy atom. The van der Waals surface area contributed by atoms with Gasteiger partial charge in [-0.3, -0.25) is 4.68 Å². The highest BCUT2D eigenvalue weighted by Crippen LogP contribution is 2.09. The van der Waals surface area contributed by atoms with Crippen LogP contribution in [0.4, 0.5) is 0 Å². The number of rotatable bonds is 7. The molecule has 0 fully saturated rings. The Morgan fingerprint density at radius 1 is 1.05 bits per heavy atom. The summed E-state index contributed by atoms with van der Waals surface area (Å²) in [7, 11) is 0. The summed E-state index contributed by atoms with van der Waals surface area (Å²) in [5, 5.41) is 7.65. The summed E-state index contributed by atoms with van der Waals surface area (Å²) in [6.07, 6.45) is 10.4. The Balaban J connectivity index is 1.41. The number of nitrogens with one attached hydrogen (secondary N) is 1. The van der Waals surface area contributed by atoms with E-state index in [9.17, 15) is 0 Å². The molecule has 0 aliphatic rings. The lowest BCUT2D eigenvalue weighted by Crippen LogP contribution is -2.16. The van der Waals surface area contributed by atoms with E-state index in [-0.39, 0.29) is 0 Å². The first-order chi connectivity index (χ1) is 10.4. The van der Waals surface area contributed by atoms with Crippen LogP contribution in [0.5, 0.6) is 0 Å². The molecule has 0 aliphatic carbocycles.